The standard InChI is InChI=1S/C8H10N2O3/c1-4-3-5(8(12)13)6(9)7(11)10(4)2/h3H,9H2,1-2H3,(H,12,13). The quantitative estimate of drug-likeness (QED) is 0.638. The van der Waals surface area contributed by atoms with Crippen molar-refractivity contribution in [1.29, 1.82) is 0 Å². The van der Waals surface area contributed by atoms with Gasteiger partial charge in [-0.1, -0.05) is 0 Å². The highest BCUT2D eigenvalue weighted by Gasteiger charge is 2.13. The molecule has 1 heterocycles. The van der Waals surface area contributed by atoms with Crippen LogP contribution in [-0.4, -0.2) is 15.6 Å². The Morgan fingerprint density at radius 3 is 2.62 bits per heavy atom. The smallest absolute Gasteiger partial charge is 0.338 e. The molecule has 5 heteroatoms. The third-order valence-electron chi connectivity index (χ3n) is 1.94. The molecule has 0 aliphatic carbocycles. The Kier molecular flexibility index (Phi) is 2.10. The number of hydrogen-bond acceptors (Lipinski definition) is 3. The molecule has 0 atom stereocenters. The molecule has 0 spiro atoms. The first kappa shape index (κ1) is 9.31. The fraction of sp³-hybridized carbons (Fsp3) is 0.250. The van der Waals surface area contributed by atoms with Gasteiger partial charge in [0.25, 0.3) is 5.56 Å². The number of nitrogens with zero attached hydrogens (tertiary/aromatic N) is 1. The average molecular weight is 182 g/mol. The van der Waals surface area contributed by atoms with E-state index in [9.17, 15) is 9.59 Å². The molecule has 0 fully saturated rings. The number of carbonyl (C=O) groups is 1. The van der Waals surface area contributed by atoms with Gasteiger partial charge in [0.2, 0.25) is 0 Å². The second-order valence-corrected chi connectivity index (χ2v) is 2.78. The zero-order chi connectivity index (χ0) is 10.2. The van der Waals surface area contributed by atoms with E-state index < -0.39 is 11.5 Å². The molecule has 0 saturated heterocycles. The van der Waals surface area contributed by atoms with E-state index in [1.807, 2.05) is 0 Å². The zero-order valence-corrected chi connectivity index (χ0v) is 7.37. The molecule has 3 N–H and O–H groups in total. The summed E-state index contributed by atoms with van der Waals surface area (Å²) in [6, 6.07) is 1.37. The van der Waals surface area contributed by atoms with Crippen LogP contribution in [-0.2, 0) is 7.05 Å². The first-order chi connectivity index (χ1) is 5.95. The predicted molar refractivity (Wildman–Crippen MR) is 47.8 cm³/mol. The molecule has 1 rings (SSSR count). The second-order valence-electron chi connectivity index (χ2n) is 2.78. The maximum Gasteiger partial charge on any atom is 0.338 e. The van der Waals surface area contributed by atoms with Gasteiger partial charge in [0.15, 0.2) is 0 Å². The van der Waals surface area contributed by atoms with Gasteiger partial charge in [-0.3, -0.25) is 4.79 Å². The van der Waals surface area contributed by atoms with Gasteiger partial charge in [-0.2, -0.15) is 0 Å². The average Bonchev–Trinajstić information content (AvgIpc) is 2.07. The molecule has 5 nitrogen and oxygen atoms in total. The number of aromatic nitrogens is 1. The molecule has 0 radical (unpaired) electrons. The molecule has 0 aliphatic rings. The Morgan fingerprint density at radius 2 is 2.15 bits per heavy atom. The second kappa shape index (κ2) is 2.93. The van der Waals surface area contributed by atoms with E-state index in [2.05, 4.69) is 0 Å². The van der Waals surface area contributed by atoms with Crippen molar-refractivity contribution in [3.8, 4) is 0 Å². The van der Waals surface area contributed by atoms with Crippen LogP contribution < -0.4 is 11.3 Å². The summed E-state index contributed by atoms with van der Waals surface area (Å²) in [6.45, 7) is 1.65. The van der Waals surface area contributed by atoms with Gasteiger partial charge in [0.1, 0.15) is 5.69 Å². The van der Waals surface area contributed by atoms with Crippen LogP contribution in [0.5, 0.6) is 0 Å². The molecular formula is C8H10N2O3. The first-order valence-corrected chi connectivity index (χ1v) is 3.64. The van der Waals surface area contributed by atoms with E-state index in [1.54, 1.807) is 14.0 Å². The number of rotatable bonds is 1. The van der Waals surface area contributed by atoms with Crippen molar-refractivity contribution in [3.63, 3.8) is 0 Å². The maximum atomic E-state index is 11.3. The highest BCUT2D eigenvalue weighted by atomic mass is 16.4. The van der Waals surface area contributed by atoms with Crippen LogP contribution in [0.4, 0.5) is 5.69 Å². The van der Waals surface area contributed by atoms with E-state index in [4.69, 9.17) is 10.8 Å². The summed E-state index contributed by atoms with van der Waals surface area (Å²) in [5, 5.41) is 8.68. The van der Waals surface area contributed by atoms with Crippen molar-refractivity contribution >= 4 is 11.7 Å². The summed E-state index contributed by atoms with van der Waals surface area (Å²) < 4.78 is 1.31. The number of aromatic carboxylic acids is 1. The Labute approximate surface area is 74.4 Å². The normalized spacial score (nSPS) is 10.0. The molecule has 0 amide bonds. The maximum absolute atomic E-state index is 11.3. The number of aryl methyl sites for hydroxylation is 1. The molecule has 0 bridgehead atoms. The van der Waals surface area contributed by atoms with Crippen molar-refractivity contribution in [2.24, 2.45) is 7.05 Å². The van der Waals surface area contributed by atoms with Crippen LogP contribution in [0.3, 0.4) is 0 Å². The van der Waals surface area contributed by atoms with Gasteiger partial charge in [0.05, 0.1) is 5.56 Å². The highest BCUT2D eigenvalue weighted by Crippen LogP contribution is 2.07. The van der Waals surface area contributed by atoms with E-state index in [-0.39, 0.29) is 11.3 Å². The summed E-state index contributed by atoms with van der Waals surface area (Å²) in [5.74, 6) is -1.18. The molecule has 70 valence electrons. The molecule has 0 saturated carbocycles. The Morgan fingerprint density at radius 1 is 1.62 bits per heavy atom. The fourth-order valence-electron chi connectivity index (χ4n) is 1.02. The number of carboxylic acid groups (broad SMARTS) is 1. The summed E-state index contributed by atoms with van der Waals surface area (Å²) >= 11 is 0. The number of carboxylic acids is 1. The molecule has 1 aromatic rings. The SMILES string of the molecule is Cc1cc(C(=O)O)c(N)c(=O)n1C. The van der Waals surface area contributed by atoms with Gasteiger partial charge in [-0.15, -0.1) is 0 Å². The van der Waals surface area contributed by atoms with Gasteiger partial charge in [0, 0.05) is 12.7 Å². The van der Waals surface area contributed by atoms with Crippen molar-refractivity contribution in [2.45, 2.75) is 6.92 Å². The third kappa shape index (κ3) is 1.40. The van der Waals surface area contributed by atoms with E-state index in [1.165, 1.54) is 10.6 Å². The summed E-state index contributed by atoms with van der Waals surface area (Å²) in [5.41, 5.74) is 5.07. The lowest BCUT2D eigenvalue weighted by Crippen LogP contribution is -2.25. The molecule has 13 heavy (non-hydrogen) atoms. The van der Waals surface area contributed by atoms with Crippen molar-refractivity contribution in [2.75, 3.05) is 5.73 Å². The van der Waals surface area contributed by atoms with Crippen LogP contribution in [0, 0.1) is 6.92 Å². The molecule has 1 aromatic heterocycles. The highest BCUT2D eigenvalue weighted by molar-refractivity contribution is 5.93. The number of nitrogen functional groups attached to an aromatic ring is 1. The lowest BCUT2D eigenvalue weighted by Gasteiger charge is -2.06. The largest absolute Gasteiger partial charge is 0.478 e. The van der Waals surface area contributed by atoms with Crippen LogP contribution in [0.15, 0.2) is 10.9 Å². The lowest BCUT2D eigenvalue weighted by molar-refractivity contribution is 0.0697. The summed E-state index contributed by atoms with van der Waals surface area (Å²) in [6.07, 6.45) is 0. The number of pyridine rings is 1. The first-order valence-electron chi connectivity index (χ1n) is 3.64. The predicted octanol–water partition coefficient (Wildman–Crippen LogP) is -0.0259. The third-order valence-corrected chi connectivity index (χ3v) is 1.94. The Bertz CT molecular complexity index is 420. The summed E-state index contributed by atoms with van der Waals surface area (Å²) in [7, 11) is 1.54. The minimum Gasteiger partial charge on any atom is -0.478 e. The number of nitrogens with two attached hydrogens (primary N) is 1. The molecule has 0 aromatic carbocycles. The topological polar surface area (TPSA) is 85.3 Å². The van der Waals surface area contributed by atoms with E-state index in [0.29, 0.717) is 5.69 Å². The zero-order valence-electron chi connectivity index (χ0n) is 7.37. The van der Waals surface area contributed by atoms with Crippen LogP contribution in [0.25, 0.3) is 0 Å². The monoisotopic (exact) mass is 182 g/mol. The lowest BCUT2D eigenvalue weighted by atomic mass is 10.2. The van der Waals surface area contributed by atoms with Gasteiger partial charge >= 0.3 is 5.97 Å². The minimum atomic E-state index is -1.18. The van der Waals surface area contributed by atoms with E-state index >= 15 is 0 Å². The van der Waals surface area contributed by atoms with Gasteiger partial charge in [-0.05, 0) is 13.0 Å². The minimum absolute atomic E-state index is 0.138. The Balaban J connectivity index is 3.60. The molecular weight excluding hydrogens is 172 g/mol. The number of anilines is 1. The van der Waals surface area contributed by atoms with Crippen LogP contribution >= 0.6 is 0 Å². The van der Waals surface area contributed by atoms with Gasteiger partial charge < -0.3 is 15.4 Å². The molecule has 0 unspecified atom stereocenters. The van der Waals surface area contributed by atoms with Crippen LogP contribution in [0.2, 0.25) is 0 Å². The Hall–Kier alpha value is -1.78. The fourth-order valence-corrected chi connectivity index (χ4v) is 1.02. The number of hydrogen-bond donors (Lipinski definition) is 2. The van der Waals surface area contributed by atoms with E-state index in [0.717, 1.165) is 0 Å². The van der Waals surface area contributed by atoms with Crippen molar-refractivity contribution < 1.29 is 9.90 Å². The summed E-state index contributed by atoms with van der Waals surface area (Å²) in [4.78, 5) is 21.9. The van der Waals surface area contributed by atoms with Crippen LogP contribution in [0.1, 0.15) is 16.1 Å². The molecule has 0 aliphatic heterocycles. The van der Waals surface area contributed by atoms with Crippen molar-refractivity contribution in [3.05, 3.63) is 27.7 Å². The van der Waals surface area contributed by atoms with Gasteiger partial charge in [-0.25, -0.2) is 4.79 Å². The van der Waals surface area contributed by atoms with Crippen molar-refractivity contribution in [1.82, 2.24) is 4.57 Å².